The van der Waals surface area contributed by atoms with Crippen molar-refractivity contribution in [2.45, 2.75) is 6.92 Å². The zero-order valence-electron chi connectivity index (χ0n) is 15.1. The lowest BCUT2D eigenvalue weighted by atomic mass is 9.99. The smallest absolute Gasteiger partial charge is 0.350 e. The van der Waals surface area contributed by atoms with Gasteiger partial charge in [-0.15, -0.1) is 11.3 Å². The van der Waals surface area contributed by atoms with Gasteiger partial charge in [0.1, 0.15) is 9.71 Å². The zero-order valence-corrected chi connectivity index (χ0v) is 16.7. The molecule has 2 heterocycles. The van der Waals surface area contributed by atoms with Crippen molar-refractivity contribution in [3.63, 3.8) is 0 Å². The number of nitrogens with zero attached hydrogens (tertiary/aromatic N) is 1. The van der Waals surface area contributed by atoms with Crippen LogP contribution in [0.4, 0.5) is 5.69 Å². The minimum atomic E-state index is -0.421. The van der Waals surface area contributed by atoms with E-state index in [0.717, 1.165) is 27.8 Å². The molecule has 2 aromatic heterocycles. The maximum absolute atomic E-state index is 12.3. The number of thiophene rings is 1. The summed E-state index contributed by atoms with van der Waals surface area (Å²) in [4.78, 5) is 18.2. The van der Waals surface area contributed by atoms with Crippen LogP contribution in [-0.4, -0.2) is 17.6 Å². The van der Waals surface area contributed by atoms with Crippen LogP contribution in [0.3, 0.4) is 0 Å². The number of halogens is 1. The van der Waals surface area contributed by atoms with E-state index >= 15 is 0 Å². The van der Waals surface area contributed by atoms with E-state index < -0.39 is 5.97 Å². The van der Waals surface area contributed by atoms with Crippen molar-refractivity contribution >= 4 is 44.8 Å². The second-order valence-corrected chi connectivity index (χ2v) is 7.61. The second kappa shape index (κ2) is 7.62. The Hall–Kier alpha value is -2.89. The number of aromatic nitrogens is 1. The molecule has 4 nitrogen and oxygen atoms in total. The van der Waals surface area contributed by atoms with Crippen LogP contribution in [0.15, 0.2) is 60.7 Å². The number of carbonyl (C=O) groups is 1. The molecule has 0 saturated heterocycles. The number of anilines is 1. The predicted octanol–water partition coefficient (Wildman–Crippen LogP) is 6.04. The average Bonchev–Trinajstić information content (AvgIpc) is 3.05. The fraction of sp³-hybridized carbons (Fsp3) is 0.0909. The maximum atomic E-state index is 12.3. The van der Waals surface area contributed by atoms with E-state index in [4.69, 9.17) is 27.1 Å². The number of hydrogen-bond donors (Lipinski definition) is 1. The van der Waals surface area contributed by atoms with Crippen molar-refractivity contribution in [1.82, 2.24) is 4.98 Å². The molecule has 0 saturated carbocycles. The quantitative estimate of drug-likeness (QED) is 0.418. The lowest BCUT2D eigenvalue weighted by Crippen LogP contribution is -2.04. The zero-order chi connectivity index (χ0) is 19.7. The number of nitrogens with two attached hydrogens (primary N) is 1. The van der Waals surface area contributed by atoms with E-state index in [9.17, 15) is 4.79 Å². The Morgan fingerprint density at radius 2 is 1.82 bits per heavy atom. The Bertz CT molecular complexity index is 1150. The number of fused-ring (bicyclic) bond motifs is 1. The van der Waals surface area contributed by atoms with Gasteiger partial charge >= 0.3 is 5.97 Å². The van der Waals surface area contributed by atoms with Crippen LogP contribution in [-0.2, 0) is 4.74 Å². The first-order valence-corrected chi connectivity index (χ1v) is 9.99. The number of benzene rings is 2. The summed E-state index contributed by atoms with van der Waals surface area (Å²) < 4.78 is 5.16. The van der Waals surface area contributed by atoms with Crippen LogP contribution in [0, 0.1) is 0 Å². The maximum Gasteiger partial charge on any atom is 0.350 e. The Morgan fingerprint density at radius 3 is 2.50 bits per heavy atom. The van der Waals surface area contributed by atoms with E-state index in [1.165, 1.54) is 11.3 Å². The molecule has 6 heteroatoms. The first kappa shape index (κ1) is 18.5. The molecule has 0 atom stereocenters. The molecule has 0 aliphatic carbocycles. The Morgan fingerprint density at radius 1 is 1.11 bits per heavy atom. The molecular formula is C22H17ClN2O2S. The molecule has 2 N–H and O–H groups in total. The number of esters is 1. The van der Waals surface area contributed by atoms with E-state index in [2.05, 4.69) is 0 Å². The average molecular weight is 409 g/mol. The van der Waals surface area contributed by atoms with Crippen LogP contribution < -0.4 is 5.73 Å². The molecule has 0 unspecified atom stereocenters. The van der Waals surface area contributed by atoms with Crippen molar-refractivity contribution in [2.75, 3.05) is 12.3 Å². The van der Waals surface area contributed by atoms with Gasteiger partial charge in [-0.25, -0.2) is 9.78 Å². The lowest BCUT2D eigenvalue weighted by Gasteiger charge is -2.09. The third kappa shape index (κ3) is 3.35. The van der Waals surface area contributed by atoms with Crippen LogP contribution in [0.1, 0.15) is 16.6 Å². The fourth-order valence-electron chi connectivity index (χ4n) is 3.08. The predicted molar refractivity (Wildman–Crippen MR) is 116 cm³/mol. The molecule has 28 heavy (non-hydrogen) atoms. The van der Waals surface area contributed by atoms with Crippen molar-refractivity contribution < 1.29 is 9.53 Å². The van der Waals surface area contributed by atoms with Crippen molar-refractivity contribution in [3.8, 4) is 22.4 Å². The molecule has 0 bridgehead atoms. The van der Waals surface area contributed by atoms with Gasteiger partial charge in [0.15, 0.2) is 0 Å². The van der Waals surface area contributed by atoms with Gasteiger partial charge in [-0.2, -0.15) is 0 Å². The highest BCUT2D eigenvalue weighted by Gasteiger charge is 2.22. The van der Waals surface area contributed by atoms with Crippen LogP contribution >= 0.6 is 22.9 Å². The van der Waals surface area contributed by atoms with Crippen molar-refractivity contribution in [1.29, 1.82) is 0 Å². The SMILES string of the molecule is CCOC(=O)c1sc2nc(-c3ccc(Cl)cc3)cc(-c3ccccc3)c2c1N. The van der Waals surface area contributed by atoms with Gasteiger partial charge in [0, 0.05) is 16.0 Å². The first-order valence-electron chi connectivity index (χ1n) is 8.80. The summed E-state index contributed by atoms with van der Waals surface area (Å²) in [6, 6.07) is 19.4. The van der Waals surface area contributed by atoms with E-state index in [-0.39, 0.29) is 0 Å². The van der Waals surface area contributed by atoms with Gasteiger partial charge < -0.3 is 10.5 Å². The highest BCUT2D eigenvalue weighted by molar-refractivity contribution is 7.21. The minimum Gasteiger partial charge on any atom is -0.462 e. The molecule has 4 aromatic rings. The van der Waals surface area contributed by atoms with Gasteiger partial charge in [-0.05, 0) is 36.2 Å². The monoisotopic (exact) mass is 408 g/mol. The highest BCUT2D eigenvalue weighted by Crippen LogP contribution is 2.41. The fourth-order valence-corrected chi connectivity index (χ4v) is 4.22. The molecule has 0 aliphatic heterocycles. The van der Waals surface area contributed by atoms with Crippen molar-refractivity contribution in [2.24, 2.45) is 0 Å². The summed E-state index contributed by atoms with van der Waals surface area (Å²) >= 11 is 7.28. The molecule has 0 amide bonds. The summed E-state index contributed by atoms with van der Waals surface area (Å²) in [7, 11) is 0. The Kier molecular flexibility index (Phi) is 5.03. The molecule has 4 rings (SSSR count). The van der Waals surface area contributed by atoms with Crippen molar-refractivity contribution in [3.05, 3.63) is 70.6 Å². The van der Waals surface area contributed by atoms with Gasteiger partial charge in [-0.1, -0.05) is 54.1 Å². The number of carbonyl (C=O) groups excluding carboxylic acids is 1. The molecular weight excluding hydrogens is 392 g/mol. The molecule has 0 spiro atoms. The third-order valence-electron chi connectivity index (χ3n) is 4.38. The van der Waals surface area contributed by atoms with Gasteiger partial charge in [0.2, 0.25) is 0 Å². The van der Waals surface area contributed by atoms with Gasteiger partial charge in [0.25, 0.3) is 0 Å². The largest absolute Gasteiger partial charge is 0.462 e. The number of hydrogen-bond acceptors (Lipinski definition) is 5. The normalized spacial score (nSPS) is 10.9. The van der Waals surface area contributed by atoms with Crippen LogP contribution in [0.2, 0.25) is 5.02 Å². The number of rotatable bonds is 4. The Labute approximate surface area is 171 Å². The summed E-state index contributed by atoms with van der Waals surface area (Å²) in [5.74, 6) is -0.421. The highest BCUT2D eigenvalue weighted by atomic mass is 35.5. The number of ether oxygens (including phenoxy) is 1. The molecule has 2 aromatic carbocycles. The molecule has 0 fully saturated rings. The number of nitrogen functional groups attached to an aromatic ring is 1. The van der Waals surface area contributed by atoms with E-state index in [1.807, 2.05) is 60.7 Å². The van der Waals surface area contributed by atoms with Crippen LogP contribution in [0.5, 0.6) is 0 Å². The topological polar surface area (TPSA) is 65.2 Å². The summed E-state index contributed by atoms with van der Waals surface area (Å²) in [5, 5.41) is 1.44. The van der Waals surface area contributed by atoms with E-state index in [0.29, 0.717) is 27.0 Å². The summed E-state index contributed by atoms with van der Waals surface area (Å²) in [6.45, 7) is 2.06. The summed E-state index contributed by atoms with van der Waals surface area (Å²) in [5.41, 5.74) is 10.4. The van der Waals surface area contributed by atoms with Gasteiger partial charge in [-0.3, -0.25) is 0 Å². The lowest BCUT2D eigenvalue weighted by molar-refractivity contribution is 0.0533. The first-order chi connectivity index (χ1) is 13.6. The third-order valence-corrected chi connectivity index (χ3v) is 5.72. The molecule has 0 aliphatic rings. The Balaban J connectivity index is 1.99. The summed E-state index contributed by atoms with van der Waals surface area (Å²) in [6.07, 6.45) is 0. The minimum absolute atomic E-state index is 0.293. The molecule has 0 radical (unpaired) electrons. The van der Waals surface area contributed by atoms with E-state index in [1.54, 1.807) is 6.92 Å². The van der Waals surface area contributed by atoms with Gasteiger partial charge in [0.05, 0.1) is 18.0 Å². The second-order valence-electron chi connectivity index (χ2n) is 6.17. The standard InChI is InChI=1S/C22H17ClN2O2S/c1-2-27-22(26)20-19(24)18-16(13-6-4-3-5-7-13)12-17(25-21(18)28-20)14-8-10-15(23)11-9-14/h3-12H,2,24H2,1H3. The molecule has 140 valence electrons. The number of pyridine rings is 1. The van der Waals surface area contributed by atoms with Crippen LogP contribution in [0.25, 0.3) is 32.6 Å².